The van der Waals surface area contributed by atoms with Crippen molar-refractivity contribution in [3.8, 4) is 0 Å². The first-order valence-corrected chi connectivity index (χ1v) is 12.3. The number of nitrogens with zero attached hydrogens (tertiary/aromatic N) is 3. The molecule has 2 aromatic heterocycles. The van der Waals surface area contributed by atoms with Crippen molar-refractivity contribution in [2.45, 2.75) is 44.9 Å². The van der Waals surface area contributed by atoms with Gasteiger partial charge in [-0.25, -0.2) is 9.97 Å². The molecule has 1 fully saturated rings. The van der Waals surface area contributed by atoms with E-state index in [-0.39, 0.29) is 24.8 Å². The lowest BCUT2D eigenvalue weighted by molar-refractivity contribution is -0.139. The van der Waals surface area contributed by atoms with Crippen LogP contribution >= 0.6 is 0 Å². The number of anilines is 2. The van der Waals surface area contributed by atoms with E-state index in [1.807, 2.05) is 18.2 Å². The van der Waals surface area contributed by atoms with Gasteiger partial charge in [0.15, 0.2) is 0 Å². The van der Waals surface area contributed by atoms with E-state index < -0.39 is 5.41 Å². The molecule has 9 nitrogen and oxygen atoms in total. The monoisotopic (exact) mass is 476 g/mol. The molecule has 1 amide bonds. The molecular weight excluding hydrogens is 444 g/mol. The second-order valence-corrected chi connectivity index (χ2v) is 9.59. The van der Waals surface area contributed by atoms with Crippen LogP contribution < -0.4 is 16.0 Å². The van der Waals surface area contributed by atoms with Crippen molar-refractivity contribution in [2.24, 2.45) is 11.1 Å². The smallest absolute Gasteiger partial charge is 0.309 e. The first-order chi connectivity index (χ1) is 17.0. The fourth-order valence-corrected chi connectivity index (χ4v) is 5.38. The lowest BCUT2D eigenvalue weighted by atomic mass is 9.77. The van der Waals surface area contributed by atoms with Gasteiger partial charge in [-0.2, -0.15) is 0 Å². The third-order valence-corrected chi connectivity index (χ3v) is 7.52. The minimum absolute atomic E-state index is 0.0817. The van der Waals surface area contributed by atoms with Gasteiger partial charge in [0, 0.05) is 31.0 Å². The Bertz CT molecular complexity index is 1250. The molecule has 1 aliphatic carbocycles. The van der Waals surface area contributed by atoms with Crippen LogP contribution in [0.25, 0.3) is 11.0 Å². The van der Waals surface area contributed by atoms with Crippen molar-refractivity contribution in [2.75, 3.05) is 37.0 Å². The predicted molar refractivity (Wildman–Crippen MR) is 134 cm³/mol. The molecule has 1 aliphatic heterocycles. The predicted octanol–water partition coefficient (Wildman–Crippen LogP) is 2.74. The molecule has 4 N–H and O–H groups in total. The van der Waals surface area contributed by atoms with Crippen LogP contribution in [0.2, 0.25) is 0 Å². The largest absolute Gasteiger partial charge is 0.469 e. The highest BCUT2D eigenvalue weighted by atomic mass is 16.5. The van der Waals surface area contributed by atoms with E-state index in [0.717, 1.165) is 35.3 Å². The average Bonchev–Trinajstić information content (AvgIpc) is 3.28. The first-order valence-electron chi connectivity index (χ1n) is 12.3. The zero-order valence-corrected chi connectivity index (χ0v) is 20.1. The molecule has 0 bridgehead atoms. The third kappa shape index (κ3) is 4.48. The van der Waals surface area contributed by atoms with Gasteiger partial charge in [0.25, 0.3) is 0 Å². The van der Waals surface area contributed by atoms with Gasteiger partial charge in [-0.05, 0) is 61.8 Å². The lowest BCUT2D eigenvalue weighted by Gasteiger charge is -2.40. The number of rotatable bonds is 6. The molecule has 1 saturated heterocycles. The summed E-state index contributed by atoms with van der Waals surface area (Å²) >= 11 is 0. The molecule has 3 heterocycles. The number of nitrogens with two attached hydrogens (primary N) is 1. The number of H-pyrrole nitrogens is 1. The molecule has 35 heavy (non-hydrogen) atoms. The van der Waals surface area contributed by atoms with Gasteiger partial charge in [-0.15, -0.1) is 0 Å². The first kappa shape index (κ1) is 23.3. The molecule has 2 aliphatic rings. The van der Waals surface area contributed by atoms with E-state index in [1.54, 1.807) is 12.4 Å². The average molecular weight is 477 g/mol. The number of carbonyl (C=O) groups excluding carboxylic acids is 2. The molecule has 3 aromatic rings. The fraction of sp³-hybridized carbons (Fsp3) is 0.462. The number of aromatic amines is 1. The number of methoxy groups -OCH3 is 1. The Balaban J connectivity index is 1.31. The Kier molecular flexibility index (Phi) is 6.42. The maximum absolute atomic E-state index is 13.4. The summed E-state index contributed by atoms with van der Waals surface area (Å²) in [6.45, 7) is 1.66. The van der Waals surface area contributed by atoms with E-state index >= 15 is 0 Å². The molecule has 1 aromatic carbocycles. The Labute approximate surface area is 204 Å². The summed E-state index contributed by atoms with van der Waals surface area (Å²) < 4.78 is 4.74. The summed E-state index contributed by atoms with van der Waals surface area (Å²) in [4.78, 5) is 39.9. The second kappa shape index (κ2) is 9.65. The molecular formula is C26H32N6O3. The minimum atomic E-state index is -0.654. The zero-order chi connectivity index (χ0) is 24.4. The molecule has 5 rings (SSSR count). The summed E-state index contributed by atoms with van der Waals surface area (Å²) in [7, 11) is 1.36. The highest BCUT2D eigenvalue weighted by Crippen LogP contribution is 2.38. The Hall–Kier alpha value is -3.46. The normalized spacial score (nSPS) is 17.1. The number of aromatic nitrogens is 3. The number of amides is 1. The van der Waals surface area contributed by atoms with E-state index in [2.05, 4.69) is 25.2 Å². The third-order valence-electron chi connectivity index (χ3n) is 7.52. The molecule has 0 unspecified atom stereocenters. The molecule has 0 saturated carbocycles. The van der Waals surface area contributed by atoms with Gasteiger partial charge in [0.05, 0.1) is 24.3 Å². The van der Waals surface area contributed by atoms with Crippen LogP contribution in [0, 0.1) is 5.41 Å². The number of carbonyl (C=O) groups is 2. The van der Waals surface area contributed by atoms with Crippen LogP contribution in [-0.2, 0) is 33.6 Å². The Morgan fingerprint density at radius 1 is 1.20 bits per heavy atom. The van der Waals surface area contributed by atoms with Crippen LogP contribution in [-0.4, -0.2) is 53.6 Å². The quantitative estimate of drug-likeness (QED) is 0.467. The summed E-state index contributed by atoms with van der Waals surface area (Å²) in [6, 6.07) is 7.29. The fourth-order valence-electron chi connectivity index (χ4n) is 5.38. The van der Waals surface area contributed by atoms with Gasteiger partial charge in [0.2, 0.25) is 5.91 Å². The van der Waals surface area contributed by atoms with Crippen LogP contribution in [0.1, 0.15) is 42.5 Å². The number of aryl methyl sites for hydroxylation is 2. The van der Waals surface area contributed by atoms with Gasteiger partial charge in [-0.1, -0.05) is 12.1 Å². The number of hydrogen-bond acceptors (Lipinski definition) is 7. The van der Waals surface area contributed by atoms with Gasteiger partial charge in [-0.3, -0.25) is 9.59 Å². The minimum Gasteiger partial charge on any atom is -0.469 e. The summed E-state index contributed by atoms with van der Waals surface area (Å²) in [5, 5.41) is 4.17. The van der Waals surface area contributed by atoms with Crippen molar-refractivity contribution in [3.63, 3.8) is 0 Å². The maximum atomic E-state index is 13.4. The van der Waals surface area contributed by atoms with Gasteiger partial charge < -0.3 is 25.7 Å². The van der Waals surface area contributed by atoms with Crippen LogP contribution in [0.15, 0.2) is 30.6 Å². The van der Waals surface area contributed by atoms with Crippen molar-refractivity contribution < 1.29 is 14.3 Å². The highest BCUT2D eigenvalue weighted by molar-refractivity contribution is 5.96. The van der Waals surface area contributed by atoms with E-state index in [0.29, 0.717) is 31.6 Å². The lowest BCUT2D eigenvalue weighted by Crippen LogP contribution is -2.50. The highest BCUT2D eigenvalue weighted by Gasteiger charge is 2.41. The van der Waals surface area contributed by atoms with Gasteiger partial charge in [0.1, 0.15) is 17.8 Å². The number of nitrogens with one attached hydrogen (secondary N) is 2. The second-order valence-electron chi connectivity index (χ2n) is 9.59. The summed E-state index contributed by atoms with van der Waals surface area (Å²) in [5.74, 6) is 0.555. The number of benzene rings is 1. The van der Waals surface area contributed by atoms with Gasteiger partial charge >= 0.3 is 5.97 Å². The number of ether oxygens (including phenoxy) is 1. The number of piperidine rings is 1. The van der Waals surface area contributed by atoms with Crippen molar-refractivity contribution in [3.05, 3.63) is 47.4 Å². The number of fused-ring (bicyclic) bond motifs is 3. The molecule has 0 atom stereocenters. The van der Waals surface area contributed by atoms with Crippen molar-refractivity contribution in [1.82, 2.24) is 15.0 Å². The topological polar surface area (TPSA) is 126 Å². The van der Waals surface area contributed by atoms with E-state index in [1.165, 1.54) is 31.2 Å². The SMILES string of the molecule is COC(=O)Cc1cccc(NC(=O)C2(CN)CCN(c3ncnc4[nH]c5c(c34)CCCC5)CC2)c1. The van der Waals surface area contributed by atoms with E-state index in [9.17, 15) is 9.59 Å². The Morgan fingerprint density at radius 2 is 2.00 bits per heavy atom. The maximum Gasteiger partial charge on any atom is 0.309 e. The van der Waals surface area contributed by atoms with Crippen LogP contribution in [0.4, 0.5) is 11.5 Å². The molecule has 184 valence electrons. The zero-order valence-electron chi connectivity index (χ0n) is 20.1. The summed E-state index contributed by atoms with van der Waals surface area (Å²) in [6.07, 6.45) is 7.55. The molecule has 0 spiro atoms. The van der Waals surface area contributed by atoms with Crippen molar-refractivity contribution >= 4 is 34.4 Å². The molecule has 0 radical (unpaired) electrons. The summed E-state index contributed by atoms with van der Waals surface area (Å²) in [5.41, 5.74) is 10.5. The Morgan fingerprint density at radius 3 is 2.77 bits per heavy atom. The van der Waals surface area contributed by atoms with E-state index in [4.69, 9.17) is 10.5 Å². The number of esters is 1. The van der Waals surface area contributed by atoms with Crippen molar-refractivity contribution in [1.29, 1.82) is 0 Å². The van der Waals surface area contributed by atoms with Crippen LogP contribution in [0.5, 0.6) is 0 Å². The standard InChI is InChI=1S/C26H32N6O3/c1-35-21(33)14-17-5-4-6-18(13-17)30-25(34)26(15-27)9-11-32(12-10-26)24-22-19-7-2-3-8-20(19)31-23(22)28-16-29-24/h4-6,13,16H,2-3,7-12,14-15,27H2,1H3,(H,30,34)(H,28,29,31). The van der Waals surface area contributed by atoms with Crippen LogP contribution in [0.3, 0.4) is 0 Å². The molecule has 9 heteroatoms. The number of hydrogen-bond donors (Lipinski definition) is 3.